The van der Waals surface area contributed by atoms with E-state index in [1.807, 2.05) is 93.6 Å². The van der Waals surface area contributed by atoms with Gasteiger partial charge in [0.25, 0.3) is 0 Å². The first-order valence-corrected chi connectivity index (χ1v) is 15.1. The zero-order chi connectivity index (χ0) is 25.3. The standard InChI is InChI=1S/C24H33N2O6P3/c1-19-13-7-10-16-22(19)30-33(27-4)25-35(29-6,32-24-18-12-9-15-21(24)3)26-34(28-5)31-23-17-11-8-14-20(23)2/h7-18,25,34-35H,1-6H3. The molecule has 1 N–H and O–H groups in total. The Morgan fingerprint density at radius 2 is 1.26 bits per heavy atom. The molecule has 0 aliphatic carbocycles. The summed E-state index contributed by atoms with van der Waals surface area (Å²) >= 11 is 0. The summed E-state index contributed by atoms with van der Waals surface area (Å²) in [6, 6.07) is 23.1. The van der Waals surface area contributed by atoms with Crippen molar-refractivity contribution in [3.05, 3.63) is 89.5 Å². The predicted octanol–water partition coefficient (Wildman–Crippen LogP) is 7.54. The Kier molecular flexibility index (Phi) is 10.5. The average molecular weight is 538 g/mol. The van der Waals surface area contributed by atoms with E-state index < -0.39 is 24.7 Å². The molecular formula is C24H33N2O6P3. The van der Waals surface area contributed by atoms with Crippen molar-refractivity contribution in [1.82, 2.24) is 4.86 Å². The normalized spacial score (nSPS) is 13.8. The first-order valence-electron chi connectivity index (χ1n) is 10.9. The van der Waals surface area contributed by atoms with Crippen molar-refractivity contribution >= 4 is 24.7 Å². The van der Waals surface area contributed by atoms with Crippen LogP contribution in [-0.4, -0.2) is 21.3 Å². The molecule has 0 amide bonds. The summed E-state index contributed by atoms with van der Waals surface area (Å²) in [7, 11) is -2.84. The van der Waals surface area contributed by atoms with E-state index in [1.54, 1.807) is 21.3 Å². The molecule has 0 saturated carbocycles. The van der Waals surface area contributed by atoms with Gasteiger partial charge in [-0.1, -0.05) is 0 Å². The van der Waals surface area contributed by atoms with Crippen LogP contribution in [0.25, 0.3) is 0 Å². The molecule has 0 aromatic heterocycles. The number of nitrogens with zero attached hydrogens (tertiary/aromatic N) is 1. The van der Waals surface area contributed by atoms with Gasteiger partial charge in [-0.2, -0.15) is 0 Å². The van der Waals surface area contributed by atoms with E-state index in [9.17, 15) is 0 Å². The molecule has 0 aliphatic heterocycles. The molecule has 2 unspecified atom stereocenters. The fraction of sp³-hybridized carbons (Fsp3) is 0.250. The van der Waals surface area contributed by atoms with Crippen LogP contribution in [0.3, 0.4) is 0 Å². The van der Waals surface area contributed by atoms with Gasteiger partial charge in [-0.3, -0.25) is 0 Å². The van der Waals surface area contributed by atoms with Crippen LogP contribution in [0.4, 0.5) is 0 Å². The van der Waals surface area contributed by atoms with Crippen LogP contribution in [0.1, 0.15) is 16.7 Å². The van der Waals surface area contributed by atoms with E-state index in [0.717, 1.165) is 16.7 Å². The summed E-state index contributed by atoms with van der Waals surface area (Å²) in [6.07, 6.45) is 0. The molecule has 3 aromatic carbocycles. The zero-order valence-corrected chi connectivity index (χ0v) is 23.7. The number of hydrogen-bond acceptors (Lipinski definition) is 8. The molecule has 0 heterocycles. The Morgan fingerprint density at radius 3 is 1.74 bits per heavy atom. The SMILES string of the molecule is COP(N[PH](/N=[PH](/OC)Oc1ccccc1C)(OC)Oc1ccccc1C)Oc1ccccc1C. The van der Waals surface area contributed by atoms with Crippen molar-refractivity contribution in [1.29, 1.82) is 0 Å². The van der Waals surface area contributed by atoms with E-state index in [0.29, 0.717) is 17.2 Å². The maximum absolute atomic E-state index is 6.44. The van der Waals surface area contributed by atoms with Crippen molar-refractivity contribution < 1.29 is 27.1 Å². The van der Waals surface area contributed by atoms with Gasteiger partial charge in [0.15, 0.2) is 0 Å². The molecule has 11 heteroatoms. The summed E-state index contributed by atoms with van der Waals surface area (Å²) in [5.74, 6) is 2.01. The number of rotatable bonds is 12. The third kappa shape index (κ3) is 7.73. The van der Waals surface area contributed by atoms with Gasteiger partial charge in [-0.25, -0.2) is 0 Å². The monoisotopic (exact) mass is 538 g/mol. The van der Waals surface area contributed by atoms with E-state index in [-0.39, 0.29) is 0 Å². The van der Waals surface area contributed by atoms with Gasteiger partial charge in [0.2, 0.25) is 0 Å². The fourth-order valence-corrected chi connectivity index (χ4v) is 9.28. The minimum atomic E-state index is -3.60. The molecule has 2 atom stereocenters. The molecule has 0 aliphatic rings. The number of benzene rings is 3. The fourth-order valence-electron chi connectivity index (χ4n) is 2.99. The van der Waals surface area contributed by atoms with Crippen molar-refractivity contribution in [2.75, 3.05) is 21.3 Å². The molecule has 8 nitrogen and oxygen atoms in total. The van der Waals surface area contributed by atoms with Crippen LogP contribution >= 0.6 is 24.7 Å². The van der Waals surface area contributed by atoms with Gasteiger partial charge < -0.3 is 0 Å². The van der Waals surface area contributed by atoms with E-state index >= 15 is 0 Å². The number of nitrogens with one attached hydrogen (secondary N) is 1. The summed E-state index contributed by atoms with van der Waals surface area (Å²) in [4.78, 5) is 3.30. The Hall–Kier alpha value is -2.01. The van der Waals surface area contributed by atoms with Crippen LogP contribution in [-0.2, 0) is 13.6 Å². The van der Waals surface area contributed by atoms with Crippen LogP contribution in [0.5, 0.6) is 17.2 Å². The Bertz CT molecular complexity index is 1150. The van der Waals surface area contributed by atoms with Gasteiger partial charge in [0.05, 0.1) is 0 Å². The summed E-state index contributed by atoms with van der Waals surface area (Å²) in [6.45, 7) is 5.89. The van der Waals surface area contributed by atoms with Crippen LogP contribution in [0.2, 0.25) is 0 Å². The van der Waals surface area contributed by atoms with Crippen LogP contribution in [0, 0.1) is 20.8 Å². The van der Waals surface area contributed by atoms with Crippen molar-refractivity contribution in [2.45, 2.75) is 20.8 Å². The zero-order valence-electron chi connectivity index (χ0n) is 20.8. The third-order valence-corrected chi connectivity index (χ3v) is 11.3. The molecule has 35 heavy (non-hydrogen) atoms. The predicted molar refractivity (Wildman–Crippen MR) is 146 cm³/mol. The Balaban J connectivity index is 1.99. The average Bonchev–Trinajstić information content (AvgIpc) is 2.87. The molecular weight excluding hydrogens is 505 g/mol. The quantitative estimate of drug-likeness (QED) is 0.239. The first kappa shape index (κ1) is 27.6. The summed E-state index contributed by atoms with van der Waals surface area (Å²) < 4.78 is 40.9. The molecule has 0 bridgehead atoms. The minimum absolute atomic E-state index is 0.632. The number of para-hydroxylation sites is 3. The van der Waals surface area contributed by atoms with Crippen molar-refractivity contribution in [3.8, 4) is 17.2 Å². The van der Waals surface area contributed by atoms with E-state index in [1.165, 1.54) is 0 Å². The first-order chi connectivity index (χ1) is 16.9. The van der Waals surface area contributed by atoms with Crippen molar-refractivity contribution in [3.63, 3.8) is 0 Å². The Labute approximate surface area is 210 Å². The van der Waals surface area contributed by atoms with Gasteiger partial charge in [-0.05, 0) is 0 Å². The van der Waals surface area contributed by atoms with Gasteiger partial charge >= 0.3 is 210 Å². The molecule has 0 saturated heterocycles. The third-order valence-electron chi connectivity index (χ3n) is 5.00. The maximum atomic E-state index is 6.44. The van der Waals surface area contributed by atoms with E-state index in [4.69, 9.17) is 31.7 Å². The summed E-state index contributed by atoms with van der Waals surface area (Å²) in [5, 5.41) is 0. The van der Waals surface area contributed by atoms with Gasteiger partial charge in [-0.15, -0.1) is 0 Å². The second-order valence-corrected chi connectivity index (χ2v) is 13.3. The summed E-state index contributed by atoms with van der Waals surface area (Å²) in [5.41, 5.74) is 2.89. The van der Waals surface area contributed by atoms with Gasteiger partial charge in [0, 0.05) is 0 Å². The molecule has 190 valence electrons. The molecule has 0 radical (unpaired) electrons. The molecule has 0 fully saturated rings. The number of hydrogen-bond donors (Lipinski definition) is 1. The molecule has 0 spiro atoms. The van der Waals surface area contributed by atoms with Crippen molar-refractivity contribution in [2.24, 2.45) is 4.52 Å². The van der Waals surface area contributed by atoms with Crippen LogP contribution in [0.15, 0.2) is 77.3 Å². The second-order valence-electron chi connectivity index (χ2n) is 7.51. The second kappa shape index (κ2) is 13.3. The molecule has 3 rings (SSSR count). The van der Waals surface area contributed by atoms with Crippen LogP contribution < -0.4 is 18.4 Å². The van der Waals surface area contributed by atoms with E-state index in [2.05, 4.69) is 4.86 Å². The van der Waals surface area contributed by atoms with Gasteiger partial charge in [0.1, 0.15) is 0 Å². The Morgan fingerprint density at radius 1 is 0.743 bits per heavy atom. The number of aryl methyl sites for hydroxylation is 3. The molecule has 3 aromatic rings. The topological polar surface area (TPSA) is 79.8 Å².